The van der Waals surface area contributed by atoms with E-state index in [0.717, 1.165) is 51.9 Å². The van der Waals surface area contributed by atoms with Crippen LogP contribution >= 0.6 is 0 Å². The fraction of sp³-hybridized carbons (Fsp3) is 0.667. The molecule has 1 spiro atoms. The second kappa shape index (κ2) is 7.36. The monoisotopic (exact) mass is 341 g/mol. The van der Waals surface area contributed by atoms with E-state index in [1.165, 1.54) is 43.6 Å². The molecule has 4 rings (SSSR count). The number of piperidine rings is 3. The molecule has 0 radical (unpaired) electrons. The van der Waals surface area contributed by atoms with E-state index in [2.05, 4.69) is 39.4 Å². The van der Waals surface area contributed by atoms with Crippen LogP contribution in [0.15, 0.2) is 24.3 Å². The van der Waals surface area contributed by atoms with Crippen molar-refractivity contribution in [3.63, 3.8) is 0 Å². The smallest absolute Gasteiger partial charge is 0.226 e. The maximum absolute atomic E-state index is 12.4. The number of likely N-dealkylation sites (tertiary alicyclic amines) is 1. The molecular weight excluding hydrogens is 310 g/mol. The Kier molecular flexibility index (Phi) is 4.98. The van der Waals surface area contributed by atoms with E-state index >= 15 is 0 Å². The Balaban J connectivity index is 1.41. The summed E-state index contributed by atoms with van der Waals surface area (Å²) in [5.41, 5.74) is 2.81. The lowest BCUT2D eigenvalue weighted by molar-refractivity contribution is -0.136. The summed E-state index contributed by atoms with van der Waals surface area (Å²) in [6.45, 7) is 6.36. The van der Waals surface area contributed by atoms with Crippen LogP contribution in [0, 0.1) is 5.41 Å². The van der Waals surface area contributed by atoms with Crippen LogP contribution in [0.2, 0.25) is 0 Å². The molecule has 3 aliphatic rings. The van der Waals surface area contributed by atoms with Gasteiger partial charge in [0.25, 0.3) is 0 Å². The molecule has 0 saturated carbocycles. The van der Waals surface area contributed by atoms with Gasteiger partial charge >= 0.3 is 0 Å². The normalized spacial score (nSPS) is 24.3. The van der Waals surface area contributed by atoms with Crippen molar-refractivity contribution in [1.82, 2.24) is 10.2 Å². The van der Waals surface area contributed by atoms with Crippen molar-refractivity contribution in [3.8, 4) is 0 Å². The van der Waals surface area contributed by atoms with Crippen molar-refractivity contribution in [1.29, 1.82) is 0 Å². The summed E-state index contributed by atoms with van der Waals surface area (Å²) in [6, 6.07) is 8.93. The Morgan fingerprint density at radius 1 is 0.920 bits per heavy atom. The molecule has 0 bridgehead atoms. The molecule has 0 unspecified atom stereocenters. The third kappa shape index (κ3) is 3.55. The van der Waals surface area contributed by atoms with Crippen molar-refractivity contribution in [3.05, 3.63) is 29.8 Å². The van der Waals surface area contributed by atoms with E-state index in [0.29, 0.717) is 5.91 Å². The van der Waals surface area contributed by atoms with Crippen LogP contribution in [0.1, 0.15) is 50.5 Å². The number of amides is 1. The van der Waals surface area contributed by atoms with Gasteiger partial charge in [0.2, 0.25) is 5.91 Å². The quantitative estimate of drug-likeness (QED) is 0.917. The molecule has 0 aromatic heterocycles. The number of benzene rings is 1. The molecule has 1 aromatic carbocycles. The summed E-state index contributed by atoms with van der Waals surface area (Å²) in [7, 11) is 0. The lowest BCUT2D eigenvalue weighted by atomic mass is 9.72. The van der Waals surface area contributed by atoms with Crippen LogP contribution in [-0.2, 0) is 11.3 Å². The minimum Gasteiger partial charge on any atom is -0.371 e. The molecule has 1 amide bonds. The molecule has 0 atom stereocenters. The summed E-state index contributed by atoms with van der Waals surface area (Å²) < 4.78 is 0. The van der Waals surface area contributed by atoms with Crippen molar-refractivity contribution in [2.24, 2.45) is 5.41 Å². The predicted octanol–water partition coefficient (Wildman–Crippen LogP) is 3.17. The molecule has 136 valence electrons. The summed E-state index contributed by atoms with van der Waals surface area (Å²) >= 11 is 0. The van der Waals surface area contributed by atoms with Gasteiger partial charge in [0.15, 0.2) is 0 Å². The van der Waals surface area contributed by atoms with Gasteiger partial charge in [0.05, 0.1) is 5.41 Å². The molecular formula is C21H31N3O. The summed E-state index contributed by atoms with van der Waals surface area (Å²) in [5.74, 6) is 0.312. The Hall–Kier alpha value is -1.55. The van der Waals surface area contributed by atoms with Crippen LogP contribution in [-0.4, -0.2) is 43.5 Å². The number of rotatable bonds is 3. The van der Waals surface area contributed by atoms with Crippen LogP contribution in [0.5, 0.6) is 0 Å². The first kappa shape index (κ1) is 16.9. The molecule has 3 heterocycles. The summed E-state index contributed by atoms with van der Waals surface area (Å²) in [5, 5.41) is 3.10. The molecule has 4 nitrogen and oxygen atoms in total. The Morgan fingerprint density at radius 2 is 1.68 bits per heavy atom. The number of hydrogen-bond donors (Lipinski definition) is 1. The topological polar surface area (TPSA) is 35.6 Å². The lowest BCUT2D eigenvalue weighted by Gasteiger charge is -2.43. The van der Waals surface area contributed by atoms with E-state index in [1.807, 2.05) is 0 Å². The van der Waals surface area contributed by atoms with E-state index in [-0.39, 0.29) is 5.41 Å². The SMILES string of the molecule is O=C1NCCCC12CCN(Cc1ccccc1N1CCCCC1)CC2. The highest BCUT2D eigenvalue weighted by Gasteiger charge is 2.42. The molecule has 3 fully saturated rings. The van der Waals surface area contributed by atoms with E-state index < -0.39 is 0 Å². The highest BCUT2D eigenvalue weighted by molar-refractivity contribution is 5.83. The summed E-state index contributed by atoms with van der Waals surface area (Å²) in [4.78, 5) is 17.5. The largest absolute Gasteiger partial charge is 0.371 e. The third-order valence-corrected chi connectivity index (χ3v) is 6.49. The zero-order valence-corrected chi connectivity index (χ0v) is 15.3. The molecule has 1 N–H and O–H groups in total. The second-order valence-corrected chi connectivity index (χ2v) is 8.09. The fourth-order valence-corrected chi connectivity index (χ4v) is 4.87. The zero-order valence-electron chi connectivity index (χ0n) is 15.3. The van der Waals surface area contributed by atoms with Crippen molar-refractivity contribution >= 4 is 11.6 Å². The van der Waals surface area contributed by atoms with Gasteiger partial charge in [-0.1, -0.05) is 18.2 Å². The second-order valence-electron chi connectivity index (χ2n) is 8.09. The van der Waals surface area contributed by atoms with Gasteiger partial charge in [0, 0.05) is 31.9 Å². The Labute approximate surface area is 151 Å². The van der Waals surface area contributed by atoms with Crippen LogP contribution < -0.4 is 10.2 Å². The Bertz CT molecular complexity index is 601. The highest BCUT2D eigenvalue weighted by atomic mass is 16.2. The van der Waals surface area contributed by atoms with Crippen LogP contribution in [0.4, 0.5) is 5.69 Å². The van der Waals surface area contributed by atoms with Crippen molar-refractivity contribution in [2.45, 2.75) is 51.5 Å². The number of anilines is 1. The fourth-order valence-electron chi connectivity index (χ4n) is 4.87. The number of carbonyl (C=O) groups excluding carboxylic acids is 1. The number of nitrogens with one attached hydrogen (secondary N) is 1. The van der Waals surface area contributed by atoms with E-state index in [9.17, 15) is 4.79 Å². The Morgan fingerprint density at radius 3 is 2.44 bits per heavy atom. The molecule has 3 saturated heterocycles. The third-order valence-electron chi connectivity index (χ3n) is 6.49. The molecule has 1 aromatic rings. The lowest BCUT2D eigenvalue weighted by Crippen LogP contribution is -2.51. The van der Waals surface area contributed by atoms with Crippen LogP contribution in [0.25, 0.3) is 0 Å². The molecule has 4 heteroatoms. The van der Waals surface area contributed by atoms with E-state index in [1.54, 1.807) is 0 Å². The molecule has 0 aliphatic carbocycles. The maximum atomic E-state index is 12.4. The van der Waals surface area contributed by atoms with Gasteiger partial charge in [-0.15, -0.1) is 0 Å². The molecule has 25 heavy (non-hydrogen) atoms. The first-order valence-corrected chi connectivity index (χ1v) is 10.1. The van der Waals surface area contributed by atoms with Gasteiger partial charge in [-0.2, -0.15) is 0 Å². The predicted molar refractivity (Wildman–Crippen MR) is 102 cm³/mol. The zero-order chi connectivity index (χ0) is 17.1. The molecule has 3 aliphatic heterocycles. The maximum Gasteiger partial charge on any atom is 0.226 e. The van der Waals surface area contributed by atoms with Gasteiger partial charge < -0.3 is 10.2 Å². The average Bonchev–Trinajstić information content (AvgIpc) is 2.67. The first-order chi connectivity index (χ1) is 12.3. The first-order valence-electron chi connectivity index (χ1n) is 10.1. The number of para-hydroxylation sites is 1. The number of hydrogen-bond acceptors (Lipinski definition) is 3. The van der Waals surface area contributed by atoms with Crippen molar-refractivity contribution in [2.75, 3.05) is 37.6 Å². The van der Waals surface area contributed by atoms with Gasteiger partial charge in [-0.3, -0.25) is 9.69 Å². The van der Waals surface area contributed by atoms with E-state index in [4.69, 9.17) is 0 Å². The summed E-state index contributed by atoms with van der Waals surface area (Å²) in [6.07, 6.45) is 8.26. The minimum absolute atomic E-state index is 0.0683. The van der Waals surface area contributed by atoms with Gasteiger partial charge in [-0.25, -0.2) is 0 Å². The number of nitrogens with zero attached hydrogens (tertiary/aromatic N) is 2. The highest BCUT2D eigenvalue weighted by Crippen LogP contribution is 2.39. The minimum atomic E-state index is -0.0683. The average molecular weight is 341 g/mol. The number of carbonyl (C=O) groups is 1. The van der Waals surface area contributed by atoms with Crippen molar-refractivity contribution < 1.29 is 4.79 Å². The van der Waals surface area contributed by atoms with Gasteiger partial charge in [-0.05, 0) is 69.7 Å². The standard InChI is InChI=1S/C21H31N3O/c25-20-21(9-6-12-22-20)10-15-23(16-11-21)17-18-7-2-3-8-19(18)24-13-4-1-5-14-24/h2-3,7-8H,1,4-6,9-17H2,(H,22,25). The van der Waals surface area contributed by atoms with Gasteiger partial charge in [0.1, 0.15) is 0 Å². The van der Waals surface area contributed by atoms with Crippen LogP contribution in [0.3, 0.4) is 0 Å².